The van der Waals surface area contributed by atoms with Crippen molar-refractivity contribution in [3.8, 4) is 0 Å². The quantitative estimate of drug-likeness (QED) is 0.170. The Labute approximate surface area is 202 Å². The van der Waals surface area contributed by atoms with Crippen LogP contribution in [0.4, 0.5) is 11.4 Å². The maximum absolute atomic E-state index is 12.3. The number of hydrogen-bond donors (Lipinski definition) is 0. The normalized spacial score (nSPS) is 12.5. The van der Waals surface area contributed by atoms with E-state index in [1.54, 1.807) is 11.0 Å². The van der Waals surface area contributed by atoms with E-state index in [1.807, 2.05) is 80.8 Å². The van der Waals surface area contributed by atoms with Gasteiger partial charge in [-0.3, -0.25) is 0 Å². The van der Waals surface area contributed by atoms with Gasteiger partial charge in [-0.2, -0.15) is 0 Å². The third kappa shape index (κ3) is 3.96. The molecular formula is C27H26BrN2O2P. The van der Waals surface area contributed by atoms with Crippen LogP contribution >= 0.6 is 20.8 Å². The molecule has 0 heterocycles. The zero-order valence-electron chi connectivity index (χ0n) is 18.6. The Balaban J connectivity index is 2.12. The summed E-state index contributed by atoms with van der Waals surface area (Å²) in [6.45, 7) is 0. The van der Waals surface area contributed by atoms with Gasteiger partial charge in [0.25, 0.3) is 0 Å². The van der Waals surface area contributed by atoms with E-state index in [-0.39, 0.29) is 10.6 Å². The summed E-state index contributed by atoms with van der Waals surface area (Å²) in [5.41, 5.74) is 1.46. The molecule has 33 heavy (non-hydrogen) atoms. The van der Waals surface area contributed by atoms with Gasteiger partial charge in [0.1, 0.15) is 0 Å². The molecule has 4 aromatic carbocycles. The Hall–Kier alpha value is -3.01. The van der Waals surface area contributed by atoms with E-state index in [4.69, 9.17) is 0 Å². The number of nitro benzene ring substituents is 1. The molecule has 0 spiro atoms. The summed E-state index contributed by atoms with van der Waals surface area (Å²) >= 11 is 4.39. The van der Waals surface area contributed by atoms with Gasteiger partial charge in [-0.1, -0.05) is 0 Å². The molecule has 0 aliphatic heterocycles. The fraction of sp³-hybridized carbons (Fsp3) is 0.111. The van der Waals surface area contributed by atoms with Gasteiger partial charge in [-0.05, 0) is 0 Å². The molecule has 4 nitrogen and oxygen atoms in total. The van der Waals surface area contributed by atoms with Gasteiger partial charge in [-0.25, -0.2) is 0 Å². The first-order valence-electron chi connectivity index (χ1n) is 10.7. The zero-order chi connectivity index (χ0) is 23.5. The molecule has 6 heteroatoms. The summed E-state index contributed by atoms with van der Waals surface area (Å²) in [7, 11) is 3.68. The molecule has 0 amide bonds. The number of rotatable bonds is 7. The molecule has 168 valence electrons. The Bertz CT molecular complexity index is 1170. The van der Waals surface area contributed by atoms with Crippen molar-refractivity contribution < 1.29 is 4.92 Å². The summed E-state index contributed by atoms with van der Waals surface area (Å²) in [4.78, 5) is 13.9. The Kier molecular flexibility index (Phi) is 6.38. The average molecular weight is 521 g/mol. The molecule has 0 unspecified atom stereocenters. The number of nitrogens with zero attached hydrogens (tertiary/aromatic N) is 2. The molecule has 0 radical (unpaired) electrons. The van der Waals surface area contributed by atoms with Gasteiger partial charge in [0.05, 0.1) is 0 Å². The van der Waals surface area contributed by atoms with E-state index < -0.39 is 5.31 Å². The Morgan fingerprint density at radius 1 is 0.727 bits per heavy atom. The first-order chi connectivity index (χ1) is 15.9. The molecule has 0 aliphatic carbocycles. The minimum absolute atomic E-state index is 0.152. The summed E-state index contributed by atoms with van der Waals surface area (Å²) < 4.78 is 0. The van der Waals surface area contributed by atoms with Crippen molar-refractivity contribution in [2.75, 3.05) is 19.0 Å². The van der Waals surface area contributed by atoms with Crippen LogP contribution < -0.4 is 20.8 Å². The molecule has 0 atom stereocenters. The van der Waals surface area contributed by atoms with Crippen molar-refractivity contribution in [2.24, 2.45) is 0 Å². The summed E-state index contributed by atoms with van der Waals surface area (Å²) in [6, 6.07) is 36.6. The second kappa shape index (κ2) is 9.09. The SMILES string of the molecule is CN(C)c1cccc(CP(Br)(c2ccccc2)(c2ccccc2)c2ccccc2)c1[N+](=O)[O-]. The van der Waals surface area contributed by atoms with Crippen LogP contribution in [0.3, 0.4) is 0 Å². The van der Waals surface area contributed by atoms with E-state index in [1.165, 1.54) is 0 Å². The first-order valence-corrected chi connectivity index (χ1v) is 15.1. The molecule has 0 fully saturated rings. The van der Waals surface area contributed by atoms with Gasteiger partial charge in [0, 0.05) is 0 Å². The molecule has 0 aliphatic rings. The topological polar surface area (TPSA) is 46.4 Å². The Morgan fingerprint density at radius 3 is 1.52 bits per heavy atom. The van der Waals surface area contributed by atoms with E-state index in [9.17, 15) is 10.1 Å². The number of para-hydroxylation sites is 1. The molecule has 0 saturated heterocycles. The molecule has 0 saturated carbocycles. The van der Waals surface area contributed by atoms with Crippen molar-refractivity contribution in [2.45, 2.75) is 6.16 Å². The van der Waals surface area contributed by atoms with Crippen LogP contribution in [0.1, 0.15) is 5.56 Å². The number of nitro groups is 1. The monoisotopic (exact) mass is 520 g/mol. The van der Waals surface area contributed by atoms with Crippen LogP contribution in [0.5, 0.6) is 0 Å². The third-order valence-electron chi connectivity index (χ3n) is 6.11. The van der Waals surface area contributed by atoms with Crippen LogP contribution in [-0.4, -0.2) is 19.0 Å². The third-order valence-corrected chi connectivity index (χ3v) is 15.6. The maximum atomic E-state index is 12.3. The molecule has 4 aromatic rings. The summed E-state index contributed by atoms with van der Waals surface area (Å²) in [6.07, 6.45) is 0.474. The predicted octanol–water partition coefficient (Wildman–Crippen LogP) is 6.00. The fourth-order valence-electron chi connectivity index (χ4n) is 4.53. The first kappa shape index (κ1) is 23.2. The number of halogens is 1. The molecule has 0 N–H and O–H groups in total. The van der Waals surface area contributed by atoms with Crippen molar-refractivity contribution >= 4 is 48.1 Å². The van der Waals surface area contributed by atoms with Crippen molar-refractivity contribution in [3.63, 3.8) is 0 Å². The standard InChI is InChI=1S/C27H26BrN2O2P/c1-29(2)26-20-12-13-22(27(26)30(31)32)21-33(28,23-14-6-3-7-15-23,24-16-8-4-9-17-24)25-18-10-5-11-19-25/h3-20H,21H2,1-2H3. The summed E-state index contributed by atoms with van der Waals surface area (Å²) in [5, 5.41) is 12.4. The van der Waals surface area contributed by atoms with Crippen LogP contribution in [0.2, 0.25) is 0 Å². The number of anilines is 1. The van der Waals surface area contributed by atoms with E-state index in [0.717, 1.165) is 15.9 Å². The molecule has 0 aromatic heterocycles. The second-order valence-corrected chi connectivity index (χ2v) is 17.2. The van der Waals surface area contributed by atoms with Gasteiger partial charge in [-0.15, -0.1) is 0 Å². The number of hydrogen-bond acceptors (Lipinski definition) is 3. The van der Waals surface area contributed by atoms with Crippen molar-refractivity contribution in [1.82, 2.24) is 0 Å². The van der Waals surface area contributed by atoms with Crippen molar-refractivity contribution in [1.29, 1.82) is 0 Å². The van der Waals surface area contributed by atoms with Crippen molar-refractivity contribution in [3.05, 3.63) is 125 Å². The van der Waals surface area contributed by atoms with E-state index >= 15 is 0 Å². The Morgan fingerprint density at radius 2 is 1.15 bits per heavy atom. The van der Waals surface area contributed by atoms with Gasteiger partial charge < -0.3 is 0 Å². The second-order valence-electron chi connectivity index (χ2n) is 8.28. The fourth-order valence-corrected chi connectivity index (χ4v) is 12.2. The minimum atomic E-state index is -3.33. The van der Waals surface area contributed by atoms with Crippen LogP contribution in [0.15, 0.2) is 109 Å². The van der Waals surface area contributed by atoms with Gasteiger partial charge >= 0.3 is 203 Å². The van der Waals surface area contributed by atoms with Crippen LogP contribution in [0.25, 0.3) is 0 Å². The van der Waals surface area contributed by atoms with Gasteiger partial charge in [0.15, 0.2) is 0 Å². The molecule has 0 bridgehead atoms. The van der Waals surface area contributed by atoms with Crippen LogP contribution in [-0.2, 0) is 6.16 Å². The molecule has 4 rings (SSSR count). The summed E-state index contributed by atoms with van der Waals surface area (Å²) in [5.74, 6) is 0. The predicted molar refractivity (Wildman–Crippen MR) is 145 cm³/mol. The zero-order valence-corrected chi connectivity index (χ0v) is 21.1. The molecular weight excluding hydrogens is 495 g/mol. The average Bonchev–Trinajstić information content (AvgIpc) is 2.85. The van der Waals surface area contributed by atoms with E-state index in [0.29, 0.717) is 17.4 Å². The van der Waals surface area contributed by atoms with Gasteiger partial charge in [0.2, 0.25) is 0 Å². The number of benzene rings is 4. The van der Waals surface area contributed by atoms with E-state index in [2.05, 4.69) is 51.9 Å². The van der Waals surface area contributed by atoms with Crippen LogP contribution in [0, 0.1) is 10.1 Å².